The van der Waals surface area contributed by atoms with E-state index in [4.69, 9.17) is 0 Å². The van der Waals surface area contributed by atoms with E-state index in [1.54, 1.807) is 18.2 Å². The molecule has 0 saturated heterocycles. The van der Waals surface area contributed by atoms with Crippen LogP contribution in [0, 0.1) is 0 Å². The molecule has 0 bridgehead atoms. The molecule has 0 radical (unpaired) electrons. The van der Waals surface area contributed by atoms with Crippen molar-refractivity contribution in [2.45, 2.75) is 18.1 Å². The molecule has 1 nitrogen and oxygen atoms in total. The van der Waals surface area contributed by atoms with Crippen LogP contribution < -0.4 is 0 Å². The molecule has 84 valence electrons. The van der Waals surface area contributed by atoms with E-state index in [1.165, 1.54) is 0 Å². The smallest absolute Gasteiger partial charge is 0.179 e. The zero-order valence-electron chi connectivity index (χ0n) is 7.36. The molecular weight excluding hydrogens is 304 g/mol. The highest BCUT2D eigenvalue weighted by atomic mass is 32.2. The largest absolute Gasteiger partial charge is 0.368 e. The predicted molar refractivity (Wildman–Crippen MR) is 83.5 cm³/mol. The van der Waals surface area contributed by atoms with E-state index in [0.717, 1.165) is 0 Å². The average molecular weight is 315 g/mol. The molecule has 0 fully saturated rings. The van der Waals surface area contributed by atoms with E-state index in [1.807, 2.05) is 0 Å². The maximum atomic E-state index is 9.73. The molecular formula is C8H10OS6. The molecule has 0 aliphatic heterocycles. The van der Waals surface area contributed by atoms with Crippen molar-refractivity contribution in [3.8, 4) is 0 Å². The van der Waals surface area contributed by atoms with E-state index in [2.05, 4.69) is 75.8 Å². The van der Waals surface area contributed by atoms with E-state index < -0.39 is 8.34 Å². The first-order chi connectivity index (χ1) is 6.68. The van der Waals surface area contributed by atoms with Crippen molar-refractivity contribution in [1.29, 1.82) is 0 Å². The van der Waals surface area contributed by atoms with Gasteiger partial charge in [-0.05, 0) is 11.6 Å². The zero-order valence-corrected chi connectivity index (χ0v) is 12.7. The number of benzene rings is 1. The first kappa shape index (κ1) is 14.3. The summed E-state index contributed by atoms with van der Waals surface area (Å²) in [6.45, 7) is 0. The highest BCUT2D eigenvalue weighted by Crippen LogP contribution is 2.49. The number of rotatable bonds is 2. The van der Waals surface area contributed by atoms with Crippen LogP contribution in [0.4, 0.5) is 0 Å². The van der Waals surface area contributed by atoms with Gasteiger partial charge in [-0.1, -0.05) is 12.1 Å². The van der Waals surface area contributed by atoms with Crippen molar-refractivity contribution in [3.05, 3.63) is 23.8 Å². The van der Waals surface area contributed by atoms with Crippen LogP contribution in [0.3, 0.4) is 0 Å². The van der Waals surface area contributed by atoms with Gasteiger partial charge in [0.25, 0.3) is 0 Å². The summed E-state index contributed by atoms with van der Waals surface area (Å²) in [7, 11) is 0. The summed E-state index contributed by atoms with van der Waals surface area (Å²) in [5.41, 5.74) is 0.595. The van der Waals surface area contributed by atoms with Gasteiger partial charge in [0.15, 0.2) is 4.27 Å². The quantitative estimate of drug-likeness (QED) is 0.331. The Morgan fingerprint density at radius 3 is 2.00 bits per heavy atom. The highest BCUT2D eigenvalue weighted by Gasteiger charge is 2.42. The SMILES string of the molecule is OC(S)(S)C(S)(S)c1cccc(S)c1S. The van der Waals surface area contributed by atoms with Gasteiger partial charge in [-0.2, -0.15) is 25.3 Å². The van der Waals surface area contributed by atoms with Gasteiger partial charge in [0, 0.05) is 9.79 Å². The lowest BCUT2D eigenvalue weighted by Gasteiger charge is -2.34. The van der Waals surface area contributed by atoms with E-state index in [-0.39, 0.29) is 0 Å². The topological polar surface area (TPSA) is 20.2 Å². The maximum absolute atomic E-state index is 9.73. The Morgan fingerprint density at radius 2 is 1.53 bits per heavy atom. The Balaban J connectivity index is 3.34. The van der Waals surface area contributed by atoms with Crippen LogP contribution in [0.15, 0.2) is 28.0 Å². The van der Waals surface area contributed by atoms with E-state index >= 15 is 0 Å². The van der Waals surface area contributed by atoms with Crippen molar-refractivity contribution in [2.75, 3.05) is 0 Å². The van der Waals surface area contributed by atoms with Crippen LogP contribution >= 0.6 is 75.8 Å². The molecule has 1 aromatic carbocycles. The zero-order chi connectivity index (χ0) is 11.9. The van der Waals surface area contributed by atoms with Crippen molar-refractivity contribution >= 4 is 75.8 Å². The first-order valence-corrected chi connectivity index (χ1v) is 6.49. The second kappa shape index (κ2) is 4.88. The van der Waals surface area contributed by atoms with Crippen LogP contribution in [0.1, 0.15) is 5.56 Å². The maximum Gasteiger partial charge on any atom is 0.179 e. The fraction of sp³-hybridized carbons (Fsp3) is 0.250. The van der Waals surface area contributed by atoms with E-state index in [0.29, 0.717) is 15.4 Å². The van der Waals surface area contributed by atoms with E-state index in [9.17, 15) is 5.11 Å². The second-order valence-electron chi connectivity index (χ2n) is 2.98. The lowest BCUT2D eigenvalue weighted by Crippen LogP contribution is -2.34. The summed E-state index contributed by atoms with van der Waals surface area (Å²) in [6.07, 6.45) is 0. The van der Waals surface area contributed by atoms with Crippen LogP contribution in [0.2, 0.25) is 0 Å². The average Bonchev–Trinajstić information content (AvgIpc) is 2.07. The Morgan fingerprint density at radius 1 is 1.00 bits per heavy atom. The van der Waals surface area contributed by atoms with Gasteiger partial charge in [0.05, 0.1) is 0 Å². The minimum absolute atomic E-state index is 0.590. The number of hydrogen-bond donors (Lipinski definition) is 7. The molecule has 1 rings (SSSR count). The van der Waals surface area contributed by atoms with Crippen molar-refractivity contribution < 1.29 is 5.11 Å². The van der Waals surface area contributed by atoms with Gasteiger partial charge in [-0.3, -0.25) is 0 Å². The van der Waals surface area contributed by atoms with Crippen LogP contribution in [0.25, 0.3) is 0 Å². The molecule has 0 aliphatic rings. The number of aliphatic hydroxyl groups is 1. The fourth-order valence-electron chi connectivity index (χ4n) is 0.993. The minimum Gasteiger partial charge on any atom is -0.368 e. The summed E-state index contributed by atoms with van der Waals surface area (Å²) in [5.74, 6) is 0. The molecule has 15 heavy (non-hydrogen) atoms. The van der Waals surface area contributed by atoms with Crippen LogP contribution in [0.5, 0.6) is 0 Å². The third kappa shape index (κ3) is 2.94. The molecule has 0 atom stereocenters. The first-order valence-electron chi connectivity index (χ1n) is 3.81. The monoisotopic (exact) mass is 314 g/mol. The molecule has 0 spiro atoms. The normalized spacial score (nSPS) is 13.0. The lowest BCUT2D eigenvalue weighted by atomic mass is 10.1. The standard InChI is InChI=1S/C8H10OS6/c9-8(14,15)7(12,13)4-2-1-3-5(10)6(4)11/h1-3,9-15H. The highest BCUT2D eigenvalue weighted by molar-refractivity contribution is 8.07. The Hall–Kier alpha value is 1.28. The molecule has 0 saturated carbocycles. The molecule has 0 aromatic heterocycles. The van der Waals surface area contributed by atoms with Gasteiger partial charge < -0.3 is 5.11 Å². The molecule has 7 heteroatoms. The Labute approximate surface area is 122 Å². The molecule has 1 N–H and O–H groups in total. The third-order valence-corrected chi connectivity index (χ3v) is 5.39. The van der Waals surface area contributed by atoms with Crippen molar-refractivity contribution in [2.24, 2.45) is 0 Å². The summed E-state index contributed by atoms with van der Waals surface area (Å²) >= 11 is 24.9. The van der Waals surface area contributed by atoms with Gasteiger partial charge in [-0.15, -0.1) is 50.5 Å². The predicted octanol–water partition coefficient (Wildman–Crippen LogP) is 2.78. The molecule has 0 heterocycles. The Bertz CT molecular complexity index is 370. The van der Waals surface area contributed by atoms with Crippen molar-refractivity contribution in [1.82, 2.24) is 0 Å². The van der Waals surface area contributed by atoms with Gasteiger partial charge in [0.1, 0.15) is 4.08 Å². The van der Waals surface area contributed by atoms with Gasteiger partial charge >= 0.3 is 0 Å². The van der Waals surface area contributed by atoms with Gasteiger partial charge in [-0.25, -0.2) is 0 Å². The molecule has 0 unspecified atom stereocenters. The molecule has 1 aromatic rings. The third-order valence-electron chi connectivity index (χ3n) is 1.86. The fourth-order valence-corrected chi connectivity index (χ4v) is 2.31. The summed E-state index contributed by atoms with van der Waals surface area (Å²) < 4.78 is -2.92. The summed E-state index contributed by atoms with van der Waals surface area (Å²) in [4.78, 5) is 1.27. The summed E-state index contributed by atoms with van der Waals surface area (Å²) in [6, 6.07) is 5.29. The summed E-state index contributed by atoms with van der Waals surface area (Å²) in [5, 5.41) is 9.73. The lowest BCUT2D eigenvalue weighted by molar-refractivity contribution is 0.221. The van der Waals surface area contributed by atoms with Crippen LogP contribution in [-0.4, -0.2) is 9.37 Å². The van der Waals surface area contributed by atoms with Gasteiger partial charge in [0.2, 0.25) is 0 Å². The number of thiol groups is 6. The Kier molecular flexibility index (Phi) is 4.66. The van der Waals surface area contributed by atoms with Crippen molar-refractivity contribution in [3.63, 3.8) is 0 Å². The van der Waals surface area contributed by atoms with Crippen LogP contribution in [-0.2, 0) is 4.08 Å². The molecule has 0 aliphatic carbocycles. The molecule has 0 amide bonds. The number of hydrogen-bond acceptors (Lipinski definition) is 7. The minimum atomic E-state index is -1.68. The second-order valence-corrected chi connectivity index (χ2v) is 7.25.